The van der Waals surface area contributed by atoms with Gasteiger partial charge in [-0.05, 0) is 25.0 Å². The standard InChI is InChI=1S/C25H42O5/c1-3-5-7-9-11-13-15-17-23(27)29-22-20-19-21(26)25(22)30-24(28)18-16-14-12-10-8-6-4-2/h19-20,22,25H,3-18H2,1-2H3. The van der Waals surface area contributed by atoms with Crippen LogP contribution in [0.25, 0.3) is 0 Å². The molecule has 0 spiro atoms. The van der Waals surface area contributed by atoms with Gasteiger partial charge in [0.15, 0.2) is 11.9 Å². The van der Waals surface area contributed by atoms with E-state index in [-0.39, 0.29) is 11.8 Å². The Bertz CT molecular complexity index is 526. The average Bonchev–Trinajstić information content (AvgIpc) is 3.06. The highest BCUT2D eigenvalue weighted by atomic mass is 16.6. The first-order valence-corrected chi connectivity index (χ1v) is 12.2. The van der Waals surface area contributed by atoms with E-state index in [0.717, 1.165) is 38.5 Å². The van der Waals surface area contributed by atoms with E-state index in [9.17, 15) is 14.4 Å². The SMILES string of the molecule is CCCCCCCCCC(=O)OC1C=CC(=O)C1OC(=O)CCCCCCCCC. The van der Waals surface area contributed by atoms with Crippen molar-refractivity contribution >= 4 is 17.7 Å². The minimum atomic E-state index is -1.01. The summed E-state index contributed by atoms with van der Waals surface area (Å²) in [6, 6.07) is 0. The number of rotatable bonds is 18. The number of hydrogen-bond donors (Lipinski definition) is 0. The molecule has 172 valence electrons. The van der Waals surface area contributed by atoms with Crippen molar-refractivity contribution < 1.29 is 23.9 Å². The highest BCUT2D eigenvalue weighted by Gasteiger charge is 2.36. The minimum absolute atomic E-state index is 0.302. The number of ether oxygens (including phenoxy) is 2. The van der Waals surface area contributed by atoms with Crippen molar-refractivity contribution in [3.8, 4) is 0 Å². The molecular weight excluding hydrogens is 380 g/mol. The van der Waals surface area contributed by atoms with Crippen LogP contribution in [0, 0.1) is 0 Å². The lowest BCUT2D eigenvalue weighted by atomic mass is 10.1. The molecule has 0 fully saturated rings. The van der Waals surface area contributed by atoms with Crippen molar-refractivity contribution in [2.45, 2.75) is 129 Å². The zero-order valence-corrected chi connectivity index (χ0v) is 19.2. The zero-order chi connectivity index (χ0) is 22.0. The molecular formula is C25H42O5. The number of unbranched alkanes of at least 4 members (excludes halogenated alkanes) is 12. The Kier molecular flexibility index (Phi) is 15.0. The first kappa shape index (κ1) is 26.4. The van der Waals surface area contributed by atoms with Crippen LogP contribution in [-0.4, -0.2) is 29.9 Å². The first-order chi connectivity index (χ1) is 14.6. The molecule has 2 atom stereocenters. The largest absolute Gasteiger partial charge is 0.454 e. The van der Waals surface area contributed by atoms with Gasteiger partial charge in [-0.2, -0.15) is 0 Å². The Balaban J connectivity index is 2.20. The summed E-state index contributed by atoms with van der Waals surface area (Å²) in [4.78, 5) is 36.2. The average molecular weight is 423 g/mol. The highest BCUT2D eigenvalue weighted by molar-refractivity contribution is 5.98. The molecule has 0 heterocycles. The number of carbonyl (C=O) groups is 3. The van der Waals surface area contributed by atoms with Crippen LogP contribution >= 0.6 is 0 Å². The van der Waals surface area contributed by atoms with E-state index in [1.165, 1.54) is 63.5 Å². The van der Waals surface area contributed by atoms with Crippen LogP contribution in [0.5, 0.6) is 0 Å². The van der Waals surface area contributed by atoms with Crippen molar-refractivity contribution in [3.63, 3.8) is 0 Å². The zero-order valence-electron chi connectivity index (χ0n) is 19.2. The summed E-state index contributed by atoms with van der Waals surface area (Å²) in [5.41, 5.74) is 0. The normalized spacial score (nSPS) is 18.0. The van der Waals surface area contributed by atoms with Gasteiger partial charge < -0.3 is 9.47 Å². The molecule has 5 nitrogen and oxygen atoms in total. The van der Waals surface area contributed by atoms with E-state index < -0.39 is 18.2 Å². The van der Waals surface area contributed by atoms with Crippen LogP contribution in [0.15, 0.2) is 12.2 Å². The van der Waals surface area contributed by atoms with Crippen molar-refractivity contribution in [3.05, 3.63) is 12.2 Å². The van der Waals surface area contributed by atoms with Crippen LogP contribution in [0.2, 0.25) is 0 Å². The monoisotopic (exact) mass is 422 g/mol. The highest BCUT2D eigenvalue weighted by Crippen LogP contribution is 2.19. The Morgan fingerprint density at radius 3 is 1.63 bits per heavy atom. The van der Waals surface area contributed by atoms with Gasteiger partial charge in [0.1, 0.15) is 0 Å². The molecule has 5 heteroatoms. The third-order valence-corrected chi connectivity index (χ3v) is 5.52. The lowest BCUT2D eigenvalue weighted by molar-refractivity contribution is -0.166. The summed E-state index contributed by atoms with van der Waals surface area (Å²) in [6.45, 7) is 4.38. The lowest BCUT2D eigenvalue weighted by Crippen LogP contribution is -2.35. The Hall–Kier alpha value is -1.65. The van der Waals surface area contributed by atoms with Gasteiger partial charge in [0.2, 0.25) is 6.10 Å². The van der Waals surface area contributed by atoms with Gasteiger partial charge >= 0.3 is 11.9 Å². The number of carbonyl (C=O) groups excluding carboxylic acids is 3. The lowest BCUT2D eigenvalue weighted by Gasteiger charge is -2.19. The molecule has 0 radical (unpaired) electrons. The van der Waals surface area contributed by atoms with E-state index in [1.807, 2.05) is 0 Å². The first-order valence-electron chi connectivity index (χ1n) is 12.2. The molecule has 0 aromatic rings. The van der Waals surface area contributed by atoms with Crippen LogP contribution < -0.4 is 0 Å². The number of esters is 2. The van der Waals surface area contributed by atoms with Crippen LogP contribution in [0.4, 0.5) is 0 Å². The Morgan fingerprint density at radius 1 is 0.700 bits per heavy atom. The van der Waals surface area contributed by atoms with E-state index in [1.54, 1.807) is 0 Å². The second-order valence-electron chi connectivity index (χ2n) is 8.37. The predicted molar refractivity (Wildman–Crippen MR) is 119 cm³/mol. The molecule has 1 rings (SSSR count). The summed E-state index contributed by atoms with van der Waals surface area (Å²) in [5, 5.41) is 0. The second-order valence-corrected chi connectivity index (χ2v) is 8.37. The smallest absolute Gasteiger partial charge is 0.306 e. The third kappa shape index (κ3) is 12.1. The van der Waals surface area contributed by atoms with Crippen molar-refractivity contribution in [2.75, 3.05) is 0 Å². The summed E-state index contributed by atoms with van der Waals surface area (Å²) in [7, 11) is 0. The van der Waals surface area contributed by atoms with Crippen LogP contribution in [0.1, 0.15) is 117 Å². The number of ketones is 1. The topological polar surface area (TPSA) is 69.7 Å². The molecule has 0 aromatic carbocycles. The van der Waals surface area contributed by atoms with Gasteiger partial charge in [0.25, 0.3) is 0 Å². The van der Waals surface area contributed by atoms with Gasteiger partial charge in [-0.15, -0.1) is 0 Å². The van der Waals surface area contributed by atoms with Crippen LogP contribution in [0.3, 0.4) is 0 Å². The summed E-state index contributed by atoms with van der Waals surface area (Å²) >= 11 is 0. The fourth-order valence-corrected chi connectivity index (χ4v) is 3.64. The van der Waals surface area contributed by atoms with Gasteiger partial charge in [-0.1, -0.05) is 90.9 Å². The molecule has 1 aliphatic rings. The van der Waals surface area contributed by atoms with Crippen molar-refractivity contribution in [2.24, 2.45) is 0 Å². The maximum absolute atomic E-state index is 12.1. The Morgan fingerprint density at radius 2 is 1.13 bits per heavy atom. The molecule has 0 saturated carbocycles. The van der Waals surface area contributed by atoms with E-state index in [4.69, 9.17) is 9.47 Å². The Labute approximate surface area is 183 Å². The van der Waals surface area contributed by atoms with Gasteiger partial charge in [-0.3, -0.25) is 14.4 Å². The molecule has 2 unspecified atom stereocenters. The molecule has 0 amide bonds. The summed E-state index contributed by atoms with van der Waals surface area (Å²) in [6.07, 6.45) is 17.4. The van der Waals surface area contributed by atoms with Crippen molar-refractivity contribution in [1.82, 2.24) is 0 Å². The molecule has 0 aliphatic heterocycles. The summed E-state index contributed by atoms with van der Waals surface area (Å²) in [5.74, 6) is -1.03. The maximum Gasteiger partial charge on any atom is 0.306 e. The fraction of sp³-hybridized carbons (Fsp3) is 0.800. The van der Waals surface area contributed by atoms with E-state index in [0.29, 0.717) is 12.8 Å². The maximum atomic E-state index is 12.1. The fourth-order valence-electron chi connectivity index (χ4n) is 3.64. The second kappa shape index (κ2) is 17.1. The third-order valence-electron chi connectivity index (χ3n) is 5.52. The van der Waals surface area contributed by atoms with Crippen LogP contribution in [-0.2, 0) is 23.9 Å². The van der Waals surface area contributed by atoms with E-state index >= 15 is 0 Å². The van der Waals surface area contributed by atoms with Gasteiger partial charge in [0, 0.05) is 12.8 Å². The van der Waals surface area contributed by atoms with Gasteiger partial charge in [-0.25, -0.2) is 0 Å². The molecule has 1 aliphatic carbocycles. The molecule has 0 N–H and O–H groups in total. The van der Waals surface area contributed by atoms with E-state index in [2.05, 4.69) is 13.8 Å². The molecule has 0 bridgehead atoms. The molecule has 0 saturated heterocycles. The molecule has 0 aromatic heterocycles. The van der Waals surface area contributed by atoms with Gasteiger partial charge in [0.05, 0.1) is 0 Å². The number of hydrogen-bond acceptors (Lipinski definition) is 5. The quantitative estimate of drug-likeness (QED) is 0.193. The minimum Gasteiger partial charge on any atom is -0.454 e. The van der Waals surface area contributed by atoms with Crippen molar-refractivity contribution in [1.29, 1.82) is 0 Å². The summed E-state index contributed by atoms with van der Waals surface area (Å²) < 4.78 is 10.7. The predicted octanol–water partition coefficient (Wildman–Crippen LogP) is 6.23. The molecule has 30 heavy (non-hydrogen) atoms.